The van der Waals surface area contributed by atoms with Crippen molar-refractivity contribution in [3.8, 4) is 5.75 Å². The summed E-state index contributed by atoms with van der Waals surface area (Å²) in [5, 5.41) is 0. The van der Waals surface area contributed by atoms with Gasteiger partial charge < -0.3 is 4.74 Å². The van der Waals surface area contributed by atoms with Crippen LogP contribution >= 0.6 is 0 Å². The molecule has 0 fully saturated rings. The van der Waals surface area contributed by atoms with Crippen LogP contribution in [0.1, 0.15) is 126 Å². The van der Waals surface area contributed by atoms with Gasteiger partial charge in [-0.2, -0.15) is 0 Å². The highest BCUT2D eigenvalue weighted by Crippen LogP contribution is 2.22. The zero-order valence-corrected chi connectivity index (χ0v) is 21.2. The summed E-state index contributed by atoms with van der Waals surface area (Å²) in [5.74, 6) is -0.0405. The SMILES string of the molecule is CCCCCCCCCCCCCCCCCC(=O)Oc1ccccc1C(=O)c1ccccc1. The molecule has 186 valence electrons. The number of ether oxygens (including phenoxy) is 1. The van der Waals surface area contributed by atoms with E-state index >= 15 is 0 Å². The van der Waals surface area contributed by atoms with E-state index in [4.69, 9.17) is 4.74 Å². The van der Waals surface area contributed by atoms with Crippen molar-refractivity contribution in [1.29, 1.82) is 0 Å². The molecule has 0 atom stereocenters. The van der Waals surface area contributed by atoms with Gasteiger partial charge in [0, 0.05) is 12.0 Å². The van der Waals surface area contributed by atoms with Crippen molar-refractivity contribution in [2.24, 2.45) is 0 Å². The molecule has 0 saturated heterocycles. The summed E-state index contributed by atoms with van der Waals surface area (Å²) in [5.41, 5.74) is 1.02. The molecule has 0 spiro atoms. The van der Waals surface area contributed by atoms with Crippen LogP contribution in [0, 0.1) is 0 Å². The lowest BCUT2D eigenvalue weighted by molar-refractivity contribution is -0.134. The Bertz CT molecular complexity index is 812. The van der Waals surface area contributed by atoms with Crippen LogP contribution in [0.5, 0.6) is 5.75 Å². The molecular weight excluding hydrogens is 420 g/mol. The first-order chi connectivity index (χ1) is 16.7. The number of esters is 1. The van der Waals surface area contributed by atoms with Crippen molar-refractivity contribution in [2.75, 3.05) is 0 Å². The van der Waals surface area contributed by atoms with Gasteiger partial charge in [0.1, 0.15) is 5.75 Å². The molecule has 0 N–H and O–H groups in total. The van der Waals surface area contributed by atoms with Gasteiger partial charge >= 0.3 is 5.97 Å². The average Bonchev–Trinajstić information content (AvgIpc) is 2.87. The van der Waals surface area contributed by atoms with Crippen LogP contribution in [0.4, 0.5) is 0 Å². The first kappa shape index (κ1) is 27.8. The molecule has 0 heterocycles. The Morgan fingerprint density at radius 3 is 1.62 bits per heavy atom. The Hall–Kier alpha value is -2.42. The van der Waals surface area contributed by atoms with Crippen molar-refractivity contribution in [3.05, 3.63) is 65.7 Å². The molecule has 0 aromatic heterocycles. The maximum absolute atomic E-state index is 12.8. The predicted molar refractivity (Wildman–Crippen MR) is 141 cm³/mol. The van der Waals surface area contributed by atoms with Crippen molar-refractivity contribution < 1.29 is 14.3 Å². The van der Waals surface area contributed by atoms with Gasteiger partial charge in [-0.3, -0.25) is 9.59 Å². The van der Waals surface area contributed by atoms with Gasteiger partial charge in [0.2, 0.25) is 0 Å². The minimum absolute atomic E-state index is 0.129. The number of carbonyl (C=O) groups is 2. The van der Waals surface area contributed by atoms with E-state index in [9.17, 15) is 9.59 Å². The number of benzene rings is 2. The molecule has 0 radical (unpaired) electrons. The quantitative estimate of drug-likeness (QED) is 0.0901. The molecule has 2 aromatic carbocycles. The topological polar surface area (TPSA) is 43.4 Å². The molecule has 0 aliphatic heterocycles. The van der Waals surface area contributed by atoms with Crippen LogP contribution in [0.25, 0.3) is 0 Å². The predicted octanol–water partition coefficient (Wildman–Crippen LogP) is 9.08. The molecule has 0 bridgehead atoms. The average molecular weight is 465 g/mol. The highest BCUT2D eigenvalue weighted by atomic mass is 16.5. The second kappa shape index (κ2) is 18.0. The first-order valence-corrected chi connectivity index (χ1v) is 13.6. The van der Waals surface area contributed by atoms with E-state index in [0.717, 1.165) is 12.8 Å². The van der Waals surface area contributed by atoms with E-state index in [2.05, 4.69) is 6.92 Å². The van der Waals surface area contributed by atoms with E-state index in [1.807, 2.05) is 18.2 Å². The maximum atomic E-state index is 12.8. The summed E-state index contributed by atoms with van der Waals surface area (Å²) in [4.78, 5) is 25.1. The zero-order valence-electron chi connectivity index (χ0n) is 21.2. The minimum Gasteiger partial charge on any atom is -0.426 e. The summed E-state index contributed by atoms with van der Waals surface area (Å²) in [6.07, 6.45) is 19.9. The number of rotatable bonds is 19. The fourth-order valence-electron chi connectivity index (χ4n) is 4.30. The third kappa shape index (κ3) is 11.6. The molecule has 2 rings (SSSR count). The van der Waals surface area contributed by atoms with Gasteiger partial charge in [0.05, 0.1) is 5.56 Å². The Kier molecular flexibility index (Phi) is 14.7. The number of hydrogen-bond acceptors (Lipinski definition) is 3. The second-order valence-electron chi connectivity index (χ2n) is 9.37. The summed E-state index contributed by atoms with van der Waals surface area (Å²) < 4.78 is 5.55. The fraction of sp³-hybridized carbons (Fsp3) is 0.548. The van der Waals surface area contributed by atoms with Gasteiger partial charge in [-0.15, -0.1) is 0 Å². The molecule has 2 aromatic rings. The molecule has 0 unspecified atom stereocenters. The lowest BCUT2D eigenvalue weighted by Gasteiger charge is -2.09. The minimum atomic E-state index is -0.261. The van der Waals surface area contributed by atoms with Crippen molar-refractivity contribution in [2.45, 2.75) is 110 Å². The number of ketones is 1. The van der Waals surface area contributed by atoms with Gasteiger partial charge in [0.25, 0.3) is 0 Å². The molecular formula is C31H44O3. The third-order valence-corrected chi connectivity index (χ3v) is 6.38. The van der Waals surface area contributed by atoms with Crippen LogP contribution in [-0.4, -0.2) is 11.8 Å². The molecule has 34 heavy (non-hydrogen) atoms. The van der Waals surface area contributed by atoms with Gasteiger partial charge in [-0.05, 0) is 18.6 Å². The molecule has 0 aliphatic carbocycles. The number of carbonyl (C=O) groups excluding carboxylic acids is 2. The second-order valence-corrected chi connectivity index (χ2v) is 9.37. The number of unbranched alkanes of at least 4 members (excludes halogenated alkanes) is 14. The molecule has 3 nitrogen and oxygen atoms in total. The van der Waals surface area contributed by atoms with Crippen molar-refractivity contribution >= 4 is 11.8 Å². The van der Waals surface area contributed by atoms with Gasteiger partial charge in [-0.25, -0.2) is 0 Å². The number of hydrogen-bond donors (Lipinski definition) is 0. The zero-order chi connectivity index (χ0) is 24.3. The lowest BCUT2D eigenvalue weighted by atomic mass is 10.0. The van der Waals surface area contributed by atoms with Crippen molar-refractivity contribution in [1.82, 2.24) is 0 Å². The Morgan fingerprint density at radius 2 is 1.06 bits per heavy atom. The monoisotopic (exact) mass is 464 g/mol. The summed E-state index contributed by atoms with van der Waals surface area (Å²) in [6, 6.07) is 16.1. The smallest absolute Gasteiger partial charge is 0.311 e. The Balaban J connectivity index is 1.52. The van der Waals surface area contributed by atoms with E-state index in [0.29, 0.717) is 23.3 Å². The van der Waals surface area contributed by atoms with E-state index in [1.165, 1.54) is 83.5 Å². The highest BCUT2D eigenvalue weighted by Gasteiger charge is 2.16. The molecule has 0 amide bonds. The summed E-state index contributed by atoms with van der Waals surface area (Å²) in [7, 11) is 0. The number of para-hydroxylation sites is 1. The van der Waals surface area contributed by atoms with Crippen LogP contribution in [0.15, 0.2) is 54.6 Å². The molecule has 0 aliphatic rings. The van der Waals surface area contributed by atoms with Gasteiger partial charge in [-0.1, -0.05) is 139 Å². The highest BCUT2D eigenvalue weighted by molar-refractivity contribution is 6.10. The largest absolute Gasteiger partial charge is 0.426 e. The van der Waals surface area contributed by atoms with Crippen LogP contribution in [-0.2, 0) is 4.79 Å². The Morgan fingerprint density at radius 1 is 0.588 bits per heavy atom. The summed E-state index contributed by atoms with van der Waals surface area (Å²) in [6.45, 7) is 2.27. The first-order valence-electron chi connectivity index (χ1n) is 13.6. The van der Waals surface area contributed by atoms with Crippen LogP contribution in [0.2, 0.25) is 0 Å². The standard InChI is InChI=1S/C31H44O3/c1-2-3-4-5-6-7-8-9-10-11-12-13-14-15-19-26-30(32)34-29-25-21-20-24-28(29)31(33)27-22-17-16-18-23-27/h16-18,20-25H,2-15,19,26H2,1H3. The van der Waals surface area contributed by atoms with E-state index < -0.39 is 0 Å². The molecule has 0 saturated carbocycles. The third-order valence-electron chi connectivity index (χ3n) is 6.38. The van der Waals surface area contributed by atoms with E-state index in [1.54, 1.807) is 36.4 Å². The van der Waals surface area contributed by atoms with Crippen LogP contribution < -0.4 is 4.74 Å². The Labute approximate surface area is 207 Å². The van der Waals surface area contributed by atoms with Gasteiger partial charge in [0.15, 0.2) is 5.78 Å². The van der Waals surface area contributed by atoms with Crippen molar-refractivity contribution in [3.63, 3.8) is 0 Å². The van der Waals surface area contributed by atoms with Crippen LogP contribution in [0.3, 0.4) is 0 Å². The van der Waals surface area contributed by atoms with E-state index in [-0.39, 0.29) is 11.8 Å². The lowest BCUT2D eigenvalue weighted by Crippen LogP contribution is -2.11. The normalized spacial score (nSPS) is 10.9. The fourth-order valence-corrected chi connectivity index (χ4v) is 4.30. The molecule has 3 heteroatoms. The summed E-state index contributed by atoms with van der Waals surface area (Å²) >= 11 is 0. The maximum Gasteiger partial charge on any atom is 0.311 e.